The molecule has 0 radical (unpaired) electrons. The van der Waals surface area contributed by atoms with Gasteiger partial charge in [-0.05, 0) is 68.9 Å². The summed E-state index contributed by atoms with van der Waals surface area (Å²) in [6.45, 7) is 4.38. The van der Waals surface area contributed by atoms with Gasteiger partial charge in [0.25, 0.3) is 0 Å². The average molecular weight is 304 g/mol. The molecule has 2 aliphatic carbocycles. The summed E-state index contributed by atoms with van der Waals surface area (Å²) in [6.07, 6.45) is 13.2. The summed E-state index contributed by atoms with van der Waals surface area (Å²) in [5.74, 6) is 2.69. The van der Waals surface area contributed by atoms with Crippen LogP contribution in [0.15, 0.2) is 0 Å². The van der Waals surface area contributed by atoms with E-state index in [1.54, 1.807) is 0 Å². The van der Waals surface area contributed by atoms with E-state index in [1.165, 1.54) is 64.2 Å². The Hall–Kier alpha value is -0.570. The number of nitrogens with one attached hydrogen (secondary N) is 1. The van der Waals surface area contributed by atoms with Gasteiger partial charge < -0.3 is 10.2 Å². The molecular formula is C19H32N2O. The van der Waals surface area contributed by atoms with E-state index in [9.17, 15) is 4.79 Å². The standard InChI is InChI=1S/C19H32N2O/c22-18(17-6-5-15-3-1-2-4-16(15)13-17)21-12-9-19(14-21)7-10-20-11-8-19/h15-17,20H,1-14H2. The highest BCUT2D eigenvalue weighted by atomic mass is 16.2. The van der Waals surface area contributed by atoms with Crippen LogP contribution in [0.25, 0.3) is 0 Å². The zero-order valence-corrected chi connectivity index (χ0v) is 14.0. The second-order valence-electron chi connectivity index (χ2n) is 8.57. The smallest absolute Gasteiger partial charge is 0.225 e. The van der Waals surface area contributed by atoms with Crippen molar-refractivity contribution in [2.75, 3.05) is 26.2 Å². The van der Waals surface area contributed by atoms with Crippen LogP contribution in [0.2, 0.25) is 0 Å². The Morgan fingerprint density at radius 1 is 0.955 bits per heavy atom. The minimum atomic E-state index is 0.358. The fraction of sp³-hybridized carbons (Fsp3) is 0.947. The van der Waals surface area contributed by atoms with Gasteiger partial charge in [0, 0.05) is 19.0 Å². The molecule has 2 saturated carbocycles. The van der Waals surface area contributed by atoms with Crippen LogP contribution in [0.4, 0.5) is 0 Å². The fourth-order valence-corrected chi connectivity index (χ4v) is 5.84. The van der Waals surface area contributed by atoms with Gasteiger partial charge in [-0.3, -0.25) is 4.79 Å². The monoisotopic (exact) mass is 304 g/mol. The number of carbonyl (C=O) groups is 1. The first kappa shape index (κ1) is 15.0. The van der Waals surface area contributed by atoms with Gasteiger partial charge in [0.15, 0.2) is 0 Å². The molecule has 3 atom stereocenters. The first-order valence-electron chi connectivity index (χ1n) is 9.75. The summed E-state index contributed by atoms with van der Waals surface area (Å²) in [7, 11) is 0. The number of piperidine rings is 1. The number of hydrogen-bond acceptors (Lipinski definition) is 2. The molecule has 4 rings (SSSR count). The molecular weight excluding hydrogens is 272 g/mol. The van der Waals surface area contributed by atoms with Gasteiger partial charge in [-0.1, -0.05) is 25.7 Å². The lowest BCUT2D eigenvalue weighted by Crippen LogP contribution is -2.42. The lowest BCUT2D eigenvalue weighted by Gasteiger charge is -2.40. The summed E-state index contributed by atoms with van der Waals surface area (Å²) in [5.41, 5.74) is 0.461. The second-order valence-corrected chi connectivity index (χ2v) is 8.57. The molecule has 3 unspecified atom stereocenters. The van der Waals surface area contributed by atoms with E-state index in [-0.39, 0.29) is 0 Å². The fourth-order valence-electron chi connectivity index (χ4n) is 5.84. The summed E-state index contributed by atoms with van der Waals surface area (Å²) in [4.78, 5) is 15.3. The normalized spacial score (nSPS) is 38.0. The molecule has 0 aromatic carbocycles. The third kappa shape index (κ3) is 2.81. The van der Waals surface area contributed by atoms with Crippen molar-refractivity contribution in [1.29, 1.82) is 0 Å². The van der Waals surface area contributed by atoms with E-state index >= 15 is 0 Å². The number of fused-ring (bicyclic) bond motifs is 1. The summed E-state index contributed by atoms with van der Waals surface area (Å²) < 4.78 is 0. The van der Waals surface area contributed by atoms with Crippen LogP contribution in [0, 0.1) is 23.2 Å². The van der Waals surface area contributed by atoms with Crippen LogP contribution >= 0.6 is 0 Å². The number of likely N-dealkylation sites (tertiary alicyclic amines) is 1. The Balaban J connectivity index is 1.36. The van der Waals surface area contributed by atoms with Crippen molar-refractivity contribution in [3.63, 3.8) is 0 Å². The molecule has 2 heterocycles. The topological polar surface area (TPSA) is 32.3 Å². The van der Waals surface area contributed by atoms with Crippen molar-refractivity contribution in [1.82, 2.24) is 10.2 Å². The molecule has 4 fully saturated rings. The Bertz CT molecular complexity index is 410. The molecule has 22 heavy (non-hydrogen) atoms. The zero-order valence-electron chi connectivity index (χ0n) is 14.0. The van der Waals surface area contributed by atoms with E-state index < -0.39 is 0 Å². The molecule has 0 bridgehead atoms. The summed E-state index contributed by atoms with van der Waals surface area (Å²) in [6, 6.07) is 0. The Morgan fingerprint density at radius 3 is 2.55 bits per heavy atom. The minimum absolute atomic E-state index is 0.358. The Morgan fingerprint density at radius 2 is 1.73 bits per heavy atom. The number of nitrogens with zero attached hydrogens (tertiary/aromatic N) is 1. The van der Waals surface area contributed by atoms with E-state index in [0.717, 1.165) is 38.0 Å². The van der Waals surface area contributed by atoms with Crippen LogP contribution in [-0.4, -0.2) is 37.0 Å². The van der Waals surface area contributed by atoms with E-state index in [1.807, 2.05) is 0 Å². The van der Waals surface area contributed by atoms with Crippen molar-refractivity contribution < 1.29 is 4.79 Å². The molecule has 3 heteroatoms. The predicted molar refractivity (Wildman–Crippen MR) is 88.5 cm³/mol. The summed E-state index contributed by atoms with van der Waals surface area (Å²) >= 11 is 0. The van der Waals surface area contributed by atoms with Gasteiger partial charge in [-0.2, -0.15) is 0 Å². The van der Waals surface area contributed by atoms with Gasteiger partial charge >= 0.3 is 0 Å². The second kappa shape index (κ2) is 6.14. The predicted octanol–water partition coefficient (Wildman–Crippen LogP) is 3.20. The maximum absolute atomic E-state index is 13.0. The van der Waals surface area contributed by atoms with Crippen LogP contribution in [-0.2, 0) is 4.79 Å². The third-order valence-electron chi connectivity index (χ3n) is 7.30. The zero-order chi connectivity index (χ0) is 15.0. The maximum Gasteiger partial charge on any atom is 0.225 e. The molecule has 0 aromatic rings. The van der Waals surface area contributed by atoms with Gasteiger partial charge in [-0.15, -0.1) is 0 Å². The average Bonchev–Trinajstić information content (AvgIpc) is 2.98. The highest BCUT2D eigenvalue weighted by Crippen LogP contribution is 2.44. The number of carbonyl (C=O) groups excluding carboxylic acids is 1. The van der Waals surface area contributed by atoms with Gasteiger partial charge in [-0.25, -0.2) is 0 Å². The minimum Gasteiger partial charge on any atom is -0.342 e. The van der Waals surface area contributed by atoms with Crippen LogP contribution in [0.5, 0.6) is 0 Å². The van der Waals surface area contributed by atoms with E-state index in [2.05, 4.69) is 10.2 Å². The van der Waals surface area contributed by atoms with Gasteiger partial charge in [0.2, 0.25) is 5.91 Å². The molecule has 0 aromatic heterocycles. The lowest BCUT2D eigenvalue weighted by atomic mass is 9.67. The molecule has 2 aliphatic heterocycles. The first-order valence-corrected chi connectivity index (χ1v) is 9.75. The van der Waals surface area contributed by atoms with Crippen molar-refractivity contribution in [2.24, 2.45) is 23.2 Å². The molecule has 4 aliphatic rings. The first-order chi connectivity index (χ1) is 10.8. The summed E-state index contributed by atoms with van der Waals surface area (Å²) in [5, 5.41) is 3.47. The lowest BCUT2D eigenvalue weighted by molar-refractivity contribution is -0.137. The Kier molecular flexibility index (Phi) is 4.19. The molecule has 3 nitrogen and oxygen atoms in total. The molecule has 2 saturated heterocycles. The van der Waals surface area contributed by atoms with Crippen molar-refractivity contribution >= 4 is 5.91 Å². The molecule has 1 N–H and O–H groups in total. The molecule has 1 amide bonds. The number of amides is 1. The van der Waals surface area contributed by atoms with E-state index in [4.69, 9.17) is 0 Å². The van der Waals surface area contributed by atoms with Gasteiger partial charge in [0.05, 0.1) is 0 Å². The van der Waals surface area contributed by atoms with Crippen LogP contribution in [0.1, 0.15) is 64.2 Å². The molecule has 124 valence electrons. The van der Waals surface area contributed by atoms with Crippen molar-refractivity contribution in [2.45, 2.75) is 64.2 Å². The quantitative estimate of drug-likeness (QED) is 0.807. The Labute approximate surface area is 135 Å². The SMILES string of the molecule is O=C(C1CCC2CCCCC2C1)N1CCC2(CCNCC2)C1. The van der Waals surface area contributed by atoms with Crippen molar-refractivity contribution in [3.05, 3.63) is 0 Å². The van der Waals surface area contributed by atoms with Crippen LogP contribution < -0.4 is 5.32 Å². The largest absolute Gasteiger partial charge is 0.342 e. The van der Waals surface area contributed by atoms with E-state index in [0.29, 0.717) is 17.2 Å². The van der Waals surface area contributed by atoms with Crippen molar-refractivity contribution in [3.8, 4) is 0 Å². The third-order valence-corrected chi connectivity index (χ3v) is 7.30. The molecule has 1 spiro atoms. The maximum atomic E-state index is 13.0. The van der Waals surface area contributed by atoms with Crippen LogP contribution in [0.3, 0.4) is 0 Å². The highest BCUT2D eigenvalue weighted by Gasteiger charge is 2.43. The highest BCUT2D eigenvalue weighted by molar-refractivity contribution is 5.79. The number of rotatable bonds is 1. The van der Waals surface area contributed by atoms with Gasteiger partial charge in [0.1, 0.15) is 0 Å². The number of hydrogen-bond donors (Lipinski definition) is 1.